The Labute approximate surface area is 143 Å². The fourth-order valence-corrected chi connectivity index (χ4v) is 1.95. The average molecular weight is 340 g/mol. The van der Waals surface area contributed by atoms with Crippen LogP contribution in [-0.4, -0.2) is 23.0 Å². The maximum atomic E-state index is 11.8. The van der Waals surface area contributed by atoms with E-state index in [0.717, 1.165) is 12.0 Å². The summed E-state index contributed by atoms with van der Waals surface area (Å²) in [4.78, 5) is 33.6. The minimum atomic E-state index is -0.943. The van der Waals surface area contributed by atoms with Gasteiger partial charge in [0.2, 0.25) is 0 Å². The standard InChI is InChI=1S/C17H16N4O4/c1-2-12-6-8-14(9-7-12)19-16(22)17(23)20-18-11-13-4-3-5-15(10-13)21(24)25/h3-11H,2H2,1H3,(H,19,22)(H,20,23)/b18-11+. The molecule has 2 rings (SSSR count). The van der Waals surface area contributed by atoms with Gasteiger partial charge in [-0.15, -0.1) is 0 Å². The van der Waals surface area contributed by atoms with Gasteiger partial charge in [0.15, 0.2) is 0 Å². The maximum Gasteiger partial charge on any atom is 0.329 e. The van der Waals surface area contributed by atoms with E-state index in [1.54, 1.807) is 18.2 Å². The second-order valence-electron chi connectivity index (χ2n) is 5.06. The first-order chi connectivity index (χ1) is 12.0. The molecule has 2 amide bonds. The third kappa shape index (κ3) is 5.24. The van der Waals surface area contributed by atoms with Crippen molar-refractivity contribution in [1.82, 2.24) is 5.43 Å². The Morgan fingerprint density at radius 1 is 1.16 bits per heavy atom. The number of hydrazone groups is 1. The molecule has 0 aliphatic rings. The van der Waals surface area contributed by atoms with E-state index >= 15 is 0 Å². The molecule has 0 bridgehead atoms. The number of hydrogen-bond donors (Lipinski definition) is 2. The number of hydrogen-bond acceptors (Lipinski definition) is 5. The average Bonchev–Trinajstić information content (AvgIpc) is 2.62. The van der Waals surface area contributed by atoms with Crippen LogP contribution in [0.4, 0.5) is 11.4 Å². The number of nitro groups is 1. The van der Waals surface area contributed by atoms with Crippen molar-refractivity contribution in [3.05, 3.63) is 69.8 Å². The number of anilines is 1. The van der Waals surface area contributed by atoms with Crippen molar-refractivity contribution in [2.45, 2.75) is 13.3 Å². The highest BCUT2D eigenvalue weighted by atomic mass is 16.6. The molecule has 0 radical (unpaired) electrons. The van der Waals surface area contributed by atoms with Crippen LogP contribution < -0.4 is 10.7 Å². The van der Waals surface area contributed by atoms with E-state index in [-0.39, 0.29) is 5.69 Å². The first-order valence-electron chi connectivity index (χ1n) is 7.47. The monoisotopic (exact) mass is 340 g/mol. The van der Waals surface area contributed by atoms with Crippen LogP contribution in [0, 0.1) is 10.1 Å². The number of nitrogens with one attached hydrogen (secondary N) is 2. The molecule has 8 heteroatoms. The lowest BCUT2D eigenvalue weighted by Gasteiger charge is -2.04. The smallest absolute Gasteiger partial charge is 0.318 e. The predicted octanol–water partition coefficient (Wildman–Crippen LogP) is 2.25. The van der Waals surface area contributed by atoms with Crippen molar-refractivity contribution < 1.29 is 14.5 Å². The number of carbonyl (C=O) groups excluding carboxylic acids is 2. The summed E-state index contributed by atoms with van der Waals surface area (Å²) in [5, 5.41) is 16.8. The number of rotatable bonds is 5. The lowest BCUT2D eigenvalue weighted by atomic mass is 10.1. The number of nitrogens with zero attached hydrogens (tertiary/aromatic N) is 2. The van der Waals surface area contributed by atoms with Crippen molar-refractivity contribution in [2.24, 2.45) is 5.10 Å². The molecule has 0 fully saturated rings. The van der Waals surface area contributed by atoms with Crippen LogP contribution in [0.25, 0.3) is 0 Å². The summed E-state index contributed by atoms with van der Waals surface area (Å²) in [6, 6.07) is 12.8. The van der Waals surface area contributed by atoms with Crippen LogP contribution in [0.2, 0.25) is 0 Å². The van der Waals surface area contributed by atoms with Gasteiger partial charge in [-0.1, -0.05) is 31.2 Å². The zero-order chi connectivity index (χ0) is 18.2. The van der Waals surface area contributed by atoms with Crippen LogP contribution >= 0.6 is 0 Å². The van der Waals surface area contributed by atoms with Crippen LogP contribution in [0.5, 0.6) is 0 Å². The van der Waals surface area contributed by atoms with Gasteiger partial charge in [-0.25, -0.2) is 5.43 Å². The fourth-order valence-electron chi connectivity index (χ4n) is 1.95. The molecular formula is C17H16N4O4. The van der Waals surface area contributed by atoms with E-state index in [9.17, 15) is 19.7 Å². The molecule has 8 nitrogen and oxygen atoms in total. The second-order valence-corrected chi connectivity index (χ2v) is 5.06. The van der Waals surface area contributed by atoms with Gasteiger partial charge in [0.1, 0.15) is 0 Å². The minimum absolute atomic E-state index is 0.0939. The zero-order valence-corrected chi connectivity index (χ0v) is 13.4. The van der Waals surface area contributed by atoms with E-state index in [0.29, 0.717) is 11.3 Å². The van der Waals surface area contributed by atoms with Gasteiger partial charge in [0, 0.05) is 23.4 Å². The Bertz CT molecular complexity index is 816. The summed E-state index contributed by atoms with van der Waals surface area (Å²) in [5.74, 6) is -1.80. The lowest BCUT2D eigenvalue weighted by Crippen LogP contribution is -2.32. The molecule has 2 N–H and O–H groups in total. The maximum absolute atomic E-state index is 11.8. The number of amides is 2. The van der Waals surface area contributed by atoms with E-state index in [1.807, 2.05) is 19.1 Å². The van der Waals surface area contributed by atoms with E-state index in [4.69, 9.17) is 0 Å². The van der Waals surface area contributed by atoms with Crippen LogP contribution in [0.15, 0.2) is 53.6 Å². The molecule has 0 heterocycles. The summed E-state index contributed by atoms with van der Waals surface area (Å²) in [5.41, 5.74) is 4.01. The highest BCUT2D eigenvalue weighted by Crippen LogP contribution is 2.11. The topological polar surface area (TPSA) is 114 Å². The van der Waals surface area contributed by atoms with Crippen LogP contribution in [0.1, 0.15) is 18.1 Å². The SMILES string of the molecule is CCc1ccc(NC(=O)C(=O)N/N=C/c2cccc([N+](=O)[O-])c2)cc1. The van der Waals surface area contributed by atoms with E-state index in [2.05, 4.69) is 15.8 Å². The third-order valence-corrected chi connectivity index (χ3v) is 3.29. The van der Waals surface area contributed by atoms with Gasteiger partial charge in [-0.2, -0.15) is 5.10 Å². The van der Waals surface area contributed by atoms with Gasteiger partial charge >= 0.3 is 11.8 Å². The number of benzene rings is 2. The van der Waals surface area contributed by atoms with Crippen LogP contribution in [0.3, 0.4) is 0 Å². The molecule has 128 valence electrons. The molecule has 0 atom stereocenters. The second kappa shape index (κ2) is 8.34. The Kier molecular flexibility index (Phi) is 5.94. The molecule has 25 heavy (non-hydrogen) atoms. The molecule has 0 aromatic heterocycles. The number of carbonyl (C=O) groups is 2. The number of non-ortho nitro benzene ring substituents is 1. The third-order valence-electron chi connectivity index (χ3n) is 3.29. The van der Waals surface area contributed by atoms with Gasteiger partial charge in [0.25, 0.3) is 5.69 Å². The molecule has 2 aromatic rings. The Balaban J connectivity index is 1.91. The molecule has 2 aromatic carbocycles. The predicted molar refractivity (Wildman–Crippen MR) is 93.3 cm³/mol. The zero-order valence-electron chi connectivity index (χ0n) is 13.4. The molecule has 0 saturated carbocycles. The minimum Gasteiger partial charge on any atom is -0.318 e. The number of nitro benzene ring substituents is 1. The van der Waals surface area contributed by atoms with Gasteiger partial charge < -0.3 is 5.32 Å². The van der Waals surface area contributed by atoms with Gasteiger partial charge in [-0.05, 0) is 24.1 Å². The molecule has 0 spiro atoms. The Morgan fingerprint density at radius 3 is 2.52 bits per heavy atom. The Morgan fingerprint density at radius 2 is 1.88 bits per heavy atom. The largest absolute Gasteiger partial charge is 0.329 e. The van der Waals surface area contributed by atoms with Crippen molar-refractivity contribution in [2.75, 3.05) is 5.32 Å². The highest BCUT2D eigenvalue weighted by Gasteiger charge is 2.12. The molecule has 0 aliphatic heterocycles. The summed E-state index contributed by atoms with van der Waals surface area (Å²) < 4.78 is 0. The normalized spacial score (nSPS) is 10.4. The van der Waals surface area contributed by atoms with Crippen molar-refractivity contribution >= 4 is 29.4 Å². The van der Waals surface area contributed by atoms with Gasteiger partial charge in [0.05, 0.1) is 11.1 Å². The van der Waals surface area contributed by atoms with Crippen molar-refractivity contribution in [3.8, 4) is 0 Å². The van der Waals surface area contributed by atoms with Crippen molar-refractivity contribution in [3.63, 3.8) is 0 Å². The summed E-state index contributed by atoms with van der Waals surface area (Å²) in [6.45, 7) is 2.01. The summed E-state index contributed by atoms with van der Waals surface area (Å²) in [7, 11) is 0. The molecule has 0 unspecified atom stereocenters. The lowest BCUT2D eigenvalue weighted by molar-refractivity contribution is -0.384. The summed E-state index contributed by atoms with van der Waals surface area (Å²) in [6.07, 6.45) is 2.09. The summed E-state index contributed by atoms with van der Waals surface area (Å²) >= 11 is 0. The fraction of sp³-hybridized carbons (Fsp3) is 0.118. The van der Waals surface area contributed by atoms with Crippen molar-refractivity contribution in [1.29, 1.82) is 0 Å². The molecule has 0 saturated heterocycles. The first kappa shape index (κ1) is 17.8. The van der Waals surface area contributed by atoms with E-state index < -0.39 is 16.7 Å². The quantitative estimate of drug-likeness (QED) is 0.376. The number of aryl methyl sites for hydroxylation is 1. The molecular weight excluding hydrogens is 324 g/mol. The molecule has 0 aliphatic carbocycles. The van der Waals surface area contributed by atoms with Crippen LogP contribution in [-0.2, 0) is 16.0 Å². The first-order valence-corrected chi connectivity index (χ1v) is 7.47. The Hall–Kier alpha value is -3.55. The van der Waals surface area contributed by atoms with E-state index in [1.165, 1.54) is 24.4 Å². The van der Waals surface area contributed by atoms with Gasteiger partial charge in [-0.3, -0.25) is 19.7 Å². The highest BCUT2D eigenvalue weighted by molar-refractivity contribution is 6.39.